The van der Waals surface area contributed by atoms with Crippen molar-refractivity contribution in [3.05, 3.63) is 71.4 Å². The molecule has 2 aromatic carbocycles. The normalized spacial score (nSPS) is 25.7. The minimum absolute atomic E-state index is 0.0565. The number of hydrogen-bond acceptors (Lipinski definition) is 5. The average molecular weight is 443 g/mol. The van der Waals surface area contributed by atoms with Crippen LogP contribution >= 0.6 is 0 Å². The molecule has 2 fully saturated rings. The molecular weight excluding hydrogens is 416 g/mol. The molecule has 4 atom stereocenters. The van der Waals surface area contributed by atoms with Gasteiger partial charge in [0.1, 0.15) is 6.04 Å². The van der Waals surface area contributed by atoms with Crippen LogP contribution in [0.1, 0.15) is 55.2 Å². The fraction of sp³-hybridized carbons (Fsp3) is 0.333. The summed E-state index contributed by atoms with van der Waals surface area (Å²) in [4.78, 5) is 55.9. The van der Waals surface area contributed by atoms with Crippen molar-refractivity contribution in [3.63, 3.8) is 0 Å². The molecule has 5 rings (SSSR count). The summed E-state index contributed by atoms with van der Waals surface area (Å²) in [6.45, 7) is 7.01. The lowest BCUT2D eigenvalue weighted by molar-refractivity contribution is -0.135. The van der Waals surface area contributed by atoms with Gasteiger partial charge >= 0.3 is 0 Å². The Balaban J connectivity index is 1.63. The van der Waals surface area contributed by atoms with Gasteiger partial charge in [0.15, 0.2) is 11.6 Å². The monoisotopic (exact) mass is 442 g/mol. The van der Waals surface area contributed by atoms with Gasteiger partial charge in [-0.25, -0.2) is 4.90 Å². The predicted molar refractivity (Wildman–Crippen MR) is 124 cm³/mol. The molecule has 0 bridgehead atoms. The number of carbonyl (C=O) groups is 4. The standard InChI is InChI=1S/C27H26N2O4/c1-15(30)16-9-11-18(12-10-16)29-25(32)20-21(26(29)33)23(24(31)27(2,3)4)28-14-13-17-7-5-6-8-19(17)22(20)28/h5-14,20-23H,1-4H3. The van der Waals surface area contributed by atoms with Crippen LogP contribution in [-0.2, 0) is 14.4 Å². The molecule has 2 saturated heterocycles. The number of fused-ring (bicyclic) bond motifs is 5. The van der Waals surface area contributed by atoms with Gasteiger partial charge in [0, 0.05) is 17.2 Å². The van der Waals surface area contributed by atoms with E-state index in [4.69, 9.17) is 0 Å². The summed E-state index contributed by atoms with van der Waals surface area (Å²) in [6, 6.07) is 13.2. The second-order valence-corrected chi connectivity index (χ2v) is 10.1. The molecule has 2 amide bonds. The Bertz CT molecular complexity index is 1220. The third kappa shape index (κ3) is 3.08. The molecule has 4 unspecified atom stereocenters. The van der Waals surface area contributed by atoms with Crippen molar-refractivity contribution in [1.82, 2.24) is 4.90 Å². The lowest BCUT2D eigenvalue weighted by Gasteiger charge is -2.37. The molecular formula is C27H26N2O4. The summed E-state index contributed by atoms with van der Waals surface area (Å²) in [5.74, 6) is -2.23. The third-order valence-electron chi connectivity index (χ3n) is 7.00. The molecule has 168 valence electrons. The third-order valence-corrected chi connectivity index (χ3v) is 7.00. The van der Waals surface area contributed by atoms with E-state index in [0.717, 1.165) is 11.1 Å². The van der Waals surface area contributed by atoms with Crippen LogP contribution in [-0.4, -0.2) is 34.3 Å². The zero-order chi connectivity index (χ0) is 23.7. The molecule has 3 aliphatic rings. The second-order valence-electron chi connectivity index (χ2n) is 10.1. The van der Waals surface area contributed by atoms with Gasteiger partial charge in [-0.1, -0.05) is 45.0 Å². The van der Waals surface area contributed by atoms with Crippen LogP contribution in [0.25, 0.3) is 6.08 Å². The van der Waals surface area contributed by atoms with E-state index in [1.54, 1.807) is 24.3 Å². The van der Waals surface area contributed by atoms with E-state index < -0.39 is 23.3 Å². The van der Waals surface area contributed by atoms with E-state index in [2.05, 4.69) is 0 Å². The highest BCUT2D eigenvalue weighted by Gasteiger charge is 2.65. The summed E-state index contributed by atoms with van der Waals surface area (Å²) in [6.07, 6.45) is 3.81. The van der Waals surface area contributed by atoms with Crippen molar-refractivity contribution in [2.24, 2.45) is 17.3 Å². The Morgan fingerprint density at radius 2 is 1.52 bits per heavy atom. The minimum atomic E-state index is -0.766. The molecule has 6 nitrogen and oxygen atoms in total. The van der Waals surface area contributed by atoms with Crippen LogP contribution < -0.4 is 4.90 Å². The van der Waals surface area contributed by atoms with Gasteiger partial charge in [0.25, 0.3) is 0 Å². The maximum absolute atomic E-state index is 13.8. The number of benzene rings is 2. The van der Waals surface area contributed by atoms with Crippen molar-refractivity contribution in [2.45, 2.75) is 39.8 Å². The van der Waals surface area contributed by atoms with E-state index in [-0.39, 0.29) is 29.4 Å². The first-order valence-electron chi connectivity index (χ1n) is 11.2. The largest absolute Gasteiger partial charge is 0.359 e. The molecule has 0 spiro atoms. The summed E-state index contributed by atoms with van der Waals surface area (Å²) in [5.41, 5.74) is 2.21. The van der Waals surface area contributed by atoms with Crippen LogP contribution in [0.4, 0.5) is 5.69 Å². The molecule has 0 aliphatic carbocycles. The average Bonchev–Trinajstić information content (AvgIpc) is 3.25. The highest BCUT2D eigenvalue weighted by Crippen LogP contribution is 2.54. The summed E-state index contributed by atoms with van der Waals surface area (Å²) in [7, 11) is 0. The van der Waals surface area contributed by atoms with Crippen LogP contribution in [0.5, 0.6) is 0 Å². The summed E-state index contributed by atoms with van der Waals surface area (Å²) >= 11 is 0. The van der Waals surface area contributed by atoms with Crippen LogP contribution in [0, 0.1) is 17.3 Å². The number of nitrogens with zero attached hydrogens (tertiary/aromatic N) is 2. The highest BCUT2D eigenvalue weighted by atomic mass is 16.2. The van der Waals surface area contributed by atoms with Crippen molar-refractivity contribution < 1.29 is 19.2 Å². The van der Waals surface area contributed by atoms with Crippen molar-refractivity contribution >= 4 is 35.1 Å². The van der Waals surface area contributed by atoms with E-state index in [1.807, 2.05) is 62.2 Å². The Kier molecular flexibility index (Phi) is 4.67. The number of hydrogen-bond donors (Lipinski definition) is 0. The fourth-order valence-corrected chi connectivity index (χ4v) is 5.40. The molecule has 0 N–H and O–H groups in total. The molecule has 0 radical (unpaired) electrons. The topological polar surface area (TPSA) is 74.8 Å². The number of anilines is 1. The van der Waals surface area contributed by atoms with Crippen molar-refractivity contribution in [2.75, 3.05) is 4.90 Å². The Labute approximate surface area is 192 Å². The van der Waals surface area contributed by atoms with Gasteiger partial charge in [-0.15, -0.1) is 0 Å². The summed E-state index contributed by atoms with van der Waals surface area (Å²) in [5, 5.41) is 0. The first-order chi connectivity index (χ1) is 15.6. The highest BCUT2D eigenvalue weighted by molar-refractivity contribution is 6.24. The van der Waals surface area contributed by atoms with Gasteiger partial charge in [0.2, 0.25) is 11.8 Å². The smallest absolute Gasteiger partial charge is 0.240 e. The first kappa shape index (κ1) is 21.3. The minimum Gasteiger partial charge on any atom is -0.359 e. The van der Waals surface area contributed by atoms with Crippen molar-refractivity contribution in [3.8, 4) is 0 Å². The van der Waals surface area contributed by atoms with E-state index in [0.29, 0.717) is 11.3 Å². The maximum Gasteiger partial charge on any atom is 0.240 e. The number of rotatable bonds is 3. The summed E-state index contributed by atoms with van der Waals surface area (Å²) < 4.78 is 0. The van der Waals surface area contributed by atoms with Crippen LogP contribution in [0.3, 0.4) is 0 Å². The number of amides is 2. The lowest BCUT2D eigenvalue weighted by atomic mass is 9.79. The van der Waals surface area contributed by atoms with Gasteiger partial charge in [-0.05, 0) is 48.4 Å². The SMILES string of the molecule is CC(=O)c1ccc(N2C(=O)C3C(C2=O)C2c4ccccc4C=CN2C3C(=O)C(C)(C)C)cc1. The maximum atomic E-state index is 13.8. The molecule has 2 aromatic rings. The number of imide groups is 1. The Hall–Kier alpha value is -3.54. The molecule has 0 saturated carbocycles. The van der Waals surface area contributed by atoms with E-state index in [1.165, 1.54) is 11.8 Å². The number of ketones is 2. The van der Waals surface area contributed by atoms with Gasteiger partial charge in [-0.2, -0.15) is 0 Å². The lowest BCUT2D eigenvalue weighted by Crippen LogP contribution is -2.47. The van der Waals surface area contributed by atoms with Crippen LogP contribution in [0.2, 0.25) is 0 Å². The van der Waals surface area contributed by atoms with Gasteiger partial charge in [0.05, 0.1) is 23.6 Å². The predicted octanol–water partition coefficient (Wildman–Crippen LogP) is 4.02. The van der Waals surface area contributed by atoms with Gasteiger partial charge < -0.3 is 4.90 Å². The molecule has 3 heterocycles. The fourth-order valence-electron chi connectivity index (χ4n) is 5.40. The number of Topliss-reactive ketones (excluding diaryl/α,β-unsaturated/α-hetero) is 2. The first-order valence-corrected chi connectivity index (χ1v) is 11.2. The quantitative estimate of drug-likeness (QED) is 0.530. The van der Waals surface area contributed by atoms with Gasteiger partial charge in [-0.3, -0.25) is 19.2 Å². The zero-order valence-corrected chi connectivity index (χ0v) is 19.1. The van der Waals surface area contributed by atoms with Crippen molar-refractivity contribution in [1.29, 1.82) is 0 Å². The zero-order valence-electron chi connectivity index (χ0n) is 19.1. The Morgan fingerprint density at radius 1 is 0.879 bits per heavy atom. The molecule has 0 aromatic heterocycles. The van der Waals surface area contributed by atoms with E-state index >= 15 is 0 Å². The molecule has 33 heavy (non-hydrogen) atoms. The second kappa shape index (κ2) is 7.24. The Morgan fingerprint density at radius 3 is 2.15 bits per heavy atom. The van der Waals surface area contributed by atoms with Crippen LogP contribution in [0.15, 0.2) is 54.7 Å². The molecule has 3 aliphatic heterocycles. The number of carbonyl (C=O) groups excluding carboxylic acids is 4. The van der Waals surface area contributed by atoms with E-state index in [9.17, 15) is 19.2 Å². The molecule has 6 heteroatoms.